The van der Waals surface area contributed by atoms with Gasteiger partial charge in [0.1, 0.15) is 6.04 Å². The van der Waals surface area contributed by atoms with Crippen LogP contribution >= 0.6 is 11.8 Å². The lowest BCUT2D eigenvalue weighted by Gasteiger charge is -2.09. The molecule has 1 heterocycles. The number of nitrogens with one attached hydrogen (secondary N) is 1. The summed E-state index contributed by atoms with van der Waals surface area (Å²) >= 11 is 1.49. The molecule has 1 atom stereocenters. The van der Waals surface area contributed by atoms with Crippen molar-refractivity contribution in [2.45, 2.75) is 18.2 Å². The average molecular weight is 259 g/mol. The summed E-state index contributed by atoms with van der Waals surface area (Å²) < 4.78 is 0. The predicted octanol–water partition coefficient (Wildman–Crippen LogP) is -0.967. The zero-order valence-electron chi connectivity index (χ0n) is 9.24. The molecule has 0 spiro atoms. The molecule has 0 saturated heterocycles. The van der Waals surface area contributed by atoms with Gasteiger partial charge in [0.15, 0.2) is 5.82 Å². The van der Waals surface area contributed by atoms with Gasteiger partial charge in [-0.05, 0) is 17.4 Å². The Morgan fingerprint density at radius 3 is 3.00 bits per heavy atom. The fraction of sp³-hybridized carbons (Fsp3) is 0.625. The number of aliphatic carboxylic acids is 1. The minimum atomic E-state index is -1.03. The Labute approximate surface area is 102 Å². The molecule has 0 saturated carbocycles. The van der Waals surface area contributed by atoms with Gasteiger partial charge in [-0.25, -0.2) is 4.79 Å². The molecule has 0 bridgehead atoms. The van der Waals surface area contributed by atoms with Gasteiger partial charge in [0.25, 0.3) is 0 Å². The van der Waals surface area contributed by atoms with Crippen LogP contribution in [0.5, 0.6) is 0 Å². The van der Waals surface area contributed by atoms with E-state index >= 15 is 0 Å². The van der Waals surface area contributed by atoms with Gasteiger partial charge in [0, 0.05) is 0 Å². The molecule has 9 heteroatoms. The summed E-state index contributed by atoms with van der Waals surface area (Å²) in [6, 6.07) is -0.838. The van der Waals surface area contributed by atoms with E-state index in [1.807, 2.05) is 0 Å². The fourth-order valence-corrected chi connectivity index (χ4v) is 1.95. The standard InChI is InChI=1S/C8H13N5O3S/c1-13-11-7(10-12-13)4-17-3-2-6(8(15)16)9-5-14/h5-6H,2-4H2,1H3,(H,9,14)(H,15,16). The molecule has 17 heavy (non-hydrogen) atoms. The van der Waals surface area contributed by atoms with Gasteiger partial charge in [0.05, 0.1) is 12.8 Å². The van der Waals surface area contributed by atoms with Crippen LogP contribution in [0.25, 0.3) is 0 Å². The van der Waals surface area contributed by atoms with Crippen molar-refractivity contribution in [3.8, 4) is 0 Å². The SMILES string of the molecule is Cn1nnc(CSCCC(NC=O)C(=O)O)n1. The minimum Gasteiger partial charge on any atom is -0.480 e. The number of amides is 1. The molecule has 0 radical (unpaired) electrons. The summed E-state index contributed by atoms with van der Waals surface area (Å²) in [6.07, 6.45) is 0.757. The Hall–Kier alpha value is -1.64. The smallest absolute Gasteiger partial charge is 0.326 e. The molecule has 8 nitrogen and oxygen atoms in total. The third kappa shape index (κ3) is 4.81. The summed E-state index contributed by atoms with van der Waals surface area (Å²) in [5.74, 6) is 0.736. The molecule has 0 aromatic carbocycles. The van der Waals surface area contributed by atoms with Crippen LogP contribution in [0.3, 0.4) is 0 Å². The maximum absolute atomic E-state index is 10.7. The number of carboxylic acid groups (broad SMARTS) is 1. The number of carbonyl (C=O) groups excluding carboxylic acids is 1. The zero-order valence-corrected chi connectivity index (χ0v) is 10.1. The second-order valence-electron chi connectivity index (χ2n) is 3.21. The van der Waals surface area contributed by atoms with E-state index in [2.05, 4.69) is 20.7 Å². The number of tetrazole rings is 1. The van der Waals surface area contributed by atoms with E-state index in [1.54, 1.807) is 7.05 Å². The number of carbonyl (C=O) groups is 2. The minimum absolute atomic E-state index is 0.360. The van der Waals surface area contributed by atoms with Gasteiger partial charge in [-0.2, -0.15) is 16.6 Å². The van der Waals surface area contributed by atoms with Gasteiger partial charge < -0.3 is 10.4 Å². The molecule has 1 amide bonds. The highest BCUT2D eigenvalue weighted by molar-refractivity contribution is 7.98. The Balaban J connectivity index is 2.22. The van der Waals surface area contributed by atoms with Crippen LogP contribution in [-0.2, 0) is 22.4 Å². The van der Waals surface area contributed by atoms with Crippen LogP contribution in [0.4, 0.5) is 0 Å². The topological polar surface area (TPSA) is 110 Å². The summed E-state index contributed by atoms with van der Waals surface area (Å²) in [5, 5.41) is 22.5. The predicted molar refractivity (Wildman–Crippen MR) is 60.2 cm³/mol. The van der Waals surface area contributed by atoms with Crippen LogP contribution in [0.2, 0.25) is 0 Å². The lowest BCUT2D eigenvalue weighted by atomic mass is 10.2. The van der Waals surface area contributed by atoms with Crippen LogP contribution in [0.1, 0.15) is 12.2 Å². The fourth-order valence-electron chi connectivity index (χ4n) is 1.11. The second-order valence-corrected chi connectivity index (χ2v) is 4.32. The lowest BCUT2D eigenvalue weighted by molar-refractivity contribution is -0.140. The number of carboxylic acids is 1. The molecule has 2 N–H and O–H groups in total. The van der Waals surface area contributed by atoms with E-state index in [0.717, 1.165) is 0 Å². The number of aromatic nitrogens is 4. The van der Waals surface area contributed by atoms with E-state index in [0.29, 0.717) is 30.2 Å². The van der Waals surface area contributed by atoms with Crippen LogP contribution in [0, 0.1) is 0 Å². The number of aryl methyl sites for hydroxylation is 1. The number of hydrogen-bond donors (Lipinski definition) is 2. The summed E-state index contributed by atoms with van der Waals surface area (Å²) in [6.45, 7) is 0. The number of thioether (sulfide) groups is 1. The molecular formula is C8H13N5O3S. The number of rotatable bonds is 8. The Morgan fingerprint density at radius 1 is 1.71 bits per heavy atom. The van der Waals surface area contributed by atoms with Crippen molar-refractivity contribution < 1.29 is 14.7 Å². The van der Waals surface area contributed by atoms with E-state index < -0.39 is 12.0 Å². The molecule has 0 aliphatic carbocycles. The molecule has 94 valence electrons. The molecule has 1 aromatic rings. The molecule has 1 rings (SSSR count). The quantitative estimate of drug-likeness (QED) is 0.456. The molecule has 0 aliphatic heterocycles. The maximum Gasteiger partial charge on any atom is 0.326 e. The largest absolute Gasteiger partial charge is 0.480 e. The highest BCUT2D eigenvalue weighted by Crippen LogP contribution is 2.10. The maximum atomic E-state index is 10.7. The van der Waals surface area contributed by atoms with Gasteiger partial charge in [-0.1, -0.05) is 0 Å². The zero-order chi connectivity index (χ0) is 12.7. The Morgan fingerprint density at radius 2 is 2.47 bits per heavy atom. The van der Waals surface area contributed by atoms with E-state index in [1.165, 1.54) is 16.6 Å². The van der Waals surface area contributed by atoms with Gasteiger partial charge in [-0.15, -0.1) is 10.2 Å². The summed E-state index contributed by atoms with van der Waals surface area (Å²) in [7, 11) is 1.68. The van der Waals surface area contributed by atoms with Crippen LogP contribution in [0.15, 0.2) is 0 Å². The Kier molecular flexibility index (Phi) is 5.40. The van der Waals surface area contributed by atoms with Crippen molar-refractivity contribution in [3.05, 3.63) is 5.82 Å². The normalized spacial score (nSPS) is 12.1. The third-order valence-electron chi connectivity index (χ3n) is 1.90. The molecule has 0 aliphatic rings. The first-order chi connectivity index (χ1) is 8.13. The molecule has 0 fully saturated rings. The monoisotopic (exact) mass is 259 g/mol. The third-order valence-corrected chi connectivity index (χ3v) is 2.89. The highest BCUT2D eigenvalue weighted by atomic mass is 32.2. The first kappa shape index (κ1) is 13.4. The summed E-state index contributed by atoms with van der Waals surface area (Å²) in [5.41, 5.74) is 0. The average Bonchev–Trinajstić information content (AvgIpc) is 2.68. The van der Waals surface area contributed by atoms with Gasteiger partial charge >= 0.3 is 5.97 Å². The van der Waals surface area contributed by atoms with Crippen molar-refractivity contribution in [2.24, 2.45) is 7.05 Å². The Bertz CT molecular complexity index is 383. The van der Waals surface area contributed by atoms with E-state index in [9.17, 15) is 9.59 Å². The number of hydrogen-bond acceptors (Lipinski definition) is 6. The van der Waals surface area contributed by atoms with Crippen molar-refractivity contribution in [3.63, 3.8) is 0 Å². The molecular weight excluding hydrogens is 246 g/mol. The van der Waals surface area contributed by atoms with Crippen LogP contribution < -0.4 is 5.32 Å². The second kappa shape index (κ2) is 6.84. The van der Waals surface area contributed by atoms with E-state index in [4.69, 9.17) is 5.11 Å². The lowest BCUT2D eigenvalue weighted by Crippen LogP contribution is -2.36. The van der Waals surface area contributed by atoms with Crippen molar-refractivity contribution in [1.29, 1.82) is 0 Å². The number of nitrogens with zero attached hydrogens (tertiary/aromatic N) is 4. The van der Waals surface area contributed by atoms with Crippen molar-refractivity contribution in [1.82, 2.24) is 25.5 Å². The van der Waals surface area contributed by atoms with Gasteiger partial charge in [0.2, 0.25) is 6.41 Å². The van der Waals surface area contributed by atoms with E-state index in [-0.39, 0.29) is 0 Å². The van der Waals surface area contributed by atoms with Crippen LogP contribution in [-0.4, -0.2) is 49.5 Å². The van der Waals surface area contributed by atoms with Crippen molar-refractivity contribution in [2.75, 3.05) is 5.75 Å². The summed E-state index contributed by atoms with van der Waals surface area (Å²) in [4.78, 5) is 22.2. The highest BCUT2D eigenvalue weighted by Gasteiger charge is 2.15. The molecule has 1 aromatic heterocycles. The van der Waals surface area contributed by atoms with Crippen molar-refractivity contribution >= 4 is 24.1 Å². The first-order valence-electron chi connectivity index (χ1n) is 4.86. The van der Waals surface area contributed by atoms with Gasteiger partial charge in [-0.3, -0.25) is 4.79 Å². The first-order valence-corrected chi connectivity index (χ1v) is 6.02. The molecule has 1 unspecified atom stereocenters.